The zero-order valence-electron chi connectivity index (χ0n) is 10.5. The molecule has 2 aromatic heterocycles. The molecule has 0 amide bonds. The molecule has 0 bridgehead atoms. The second kappa shape index (κ2) is 5.27. The molecule has 1 aliphatic rings. The van der Waals surface area contributed by atoms with Gasteiger partial charge in [-0.2, -0.15) is 5.10 Å². The van der Waals surface area contributed by atoms with Gasteiger partial charge in [0.15, 0.2) is 5.65 Å². The summed E-state index contributed by atoms with van der Waals surface area (Å²) in [6.45, 7) is 0. The number of fused-ring (bicyclic) bond motifs is 1. The van der Waals surface area contributed by atoms with Crippen molar-refractivity contribution in [2.45, 2.75) is 44.9 Å². The van der Waals surface area contributed by atoms with E-state index in [-0.39, 0.29) is 0 Å². The van der Waals surface area contributed by atoms with Gasteiger partial charge in [0.2, 0.25) is 0 Å². The lowest BCUT2D eigenvalue weighted by Gasteiger charge is -2.13. The molecular formula is C14H18ClN3. The van der Waals surface area contributed by atoms with Gasteiger partial charge in [-0.3, -0.25) is 0 Å². The summed E-state index contributed by atoms with van der Waals surface area (Å²) in [4.78, 5) is 4.64. The lowest BCUT2D eigenvalue weighted by Crippen LogP contribution is -2.06. The molecule has 2 aromatic rings. The highest BCUT2D eigenvalue weighted by Gasteiger charge is 2.14. The zero-order valence-corrected chi connectivity index (χ0v) is 11.2. The monoisotopic (exact) mass is 263 g/mol. The first kappa shape index (κ1) is 12.0. The molecule has 3 nitrogen and oxygen atoms in total. The van der Waals surface area contributed by atoms with Gasteiger partial charge in [0.25, 0.3) is 0 Å². The van der Waals surface area contributed by atoms with Crippen molar-refractivity contribution in [2.24, 2.45) is 5.92 Å². The Hall–Kier alpha value is -1.09. The van der Waals surface area contributed by atoms with Crippen LogP contribution >= 0.6 is 11.6 Å². The summed E-state index contributed by atoms with van der Waals surface area (Å²) in [5.41, 5.74) is 1.96. The molecule has 0 N–H and O–H groups in total. The second-order valence-corrected chi connectivity index (χ2v) is 5.62. The highest BCUT2D eigenvalue weighted by atomic mass is 35.5. The molecule has 96 valence electrons. The van der Waals surface area contributed by atoms with E-state index in [4.69, 9.17) is 11.6 Å². The van der Waals surface area contributed by atoms with Crippen molar-refractivity contribution in [1.82, 2.24) is 14.6 Å². The fourth-order valence-corrected chi connectivity index (χ4v) is 3.15. The number of hydrogen-bond donors (Lipinski definition) is 0. The van der Waals surface area contributed by atoms with Crippen molar-refractivity contribution in [1.29, 1.82) is 0 Å². The van der Waals surface area contributed by atoms with E-state index in [1.165, 1.54) is 38.5 Å². The molecule has 18 heavy (non-hydrogen) atoms. The largest absolute Gasteiger partial charge is 0.233 e. The normalized spacial score (nSPS) is 18.1. The van der Waals surface area contributed by atoms with Crippen LogP contribution in [0.3, 0.4) is 0 Å². The highest BCUT2D eigenvalue weighted by molar-refractivity contribution is 6.29. The quantitative estimate of drug-likeness (QED) is 0.608. The molecular weight excluding hydrogens is 246 g/mol. The molecule has 1 aliphatic carbocycles. The molecule has 4 heteroatoms. The van der Waals surface area contributed by atoms with E-state index >= 15 is 0 Å². The Balaban J connectivity index is 1.80. The van der Waals surface area contributed by atoms with E-state index in [0.29, 0.717) is 5.15 Å². The van der Waals surface area contributed by atoms with E-state index < -0.39 is 0 Å². The van der Waals surface area contributed by atoms with Crippen LogP contribution in [0.15, 0.2) is 18.3 Å². The van der Waals surface area contributed by atoms with Crippen LogP contribution in [0.25, 0.3) is 5.65 Å². The van der Waals surface area contributed by atoms with Crippen LogP contribution in [0.5, 0.6) is 0 Å². The minimum Gasteiger partial charge on any atom is -0.233 e. The Morgan fingerprint density at radius 2 is 2.00 bits per heavy atom. The lowest BCUT2D eigenvalue weighted by molar-refractivity contribution is 0.453. The number of halogens is 1. The number of hydrogen-bond acceptors (Lipinski definition) is 2. The zero-order chi connectivity index (χ0) is 12.4. The summed E-state index contributed by atoms with van der Waals surface area (Å²) in [6, 6.07) is 3.87. The lowest BCUT2D eigenvalue weighted by atomic mass is 9.95. The van der Waals surface area contributed by atoms with Crippen molar-refractivity contribution in [2.75, 3.05) is 0 Å². The van der Waals surface area contributed by atoms with E-state index in [9.17, 15) is 0 Å². The number of rotatable bonds is 2. The smallest absolute Gasteiger partial charge is 0.156 e. The highest BCUT2D eigenvalue weighted by Crippen LogP contribution is 2.26. The molecule has 0 saturated heterocycles. The fourth-order valence-electron chi connectivity index (χ4n) is 2.89. The SMILES string of the molecule is Clc1cc(CC2CCCCCC2)nc2ccnn12. The first-order valence-corrected chi connectivity index (χ1v) is 7.20. The van der Waals surface area contributed by atoms with E-state index in [1.807, 2.05) is 12.1 Å². The van der Waals surface area contributed by atoms with Crippen LogP contribution in [-0.4, -0.2) is 14.6 Å². The molecule has 0 aliphatic heterocycles. The summed E-state index contributed by atoms with van der Waals surface area (Å²) >= 11 is 6.21. The first-order valence-electron chi connectivity index (χ1n) is 6.82. The molecule has 0 atom stereocenters. The van der Waals surface area contributed by atoms with Crippen LogP contribution in [0, 0.1) is 5.92 Å². The molecule has 0 unspecified atom stereocenters. The third-order valence-electron chi connectivity index (χ3n) is 3.84. The van der Waals surface area contributed by atoms with E-state index in [1.54, 1.807) is 10.7 Å². The Morgan fingerprint density at radius 1 is 1.22 bits per heavy atom. The molecule has 2 heterocycles. The van der Waals surface area contributed by atoms with Crippen LogP contribution in [0.4, 0.5) is 0 Å². The van der Waals surface area contributed by atoms with Crippen molar-refractivity contribution in [3.05, 3.63) is 29.2 Å². The Bertz CT molecular complexity index is 527. The van der Waals surface area contributed by atoms with Crippen molar-refractivity contribution < 1.29 is 0 Å². The topological polar surface area (TPSA) is 30.2 Å². The minimum atomic E-state index is 0.661. The third kappa shape index (κ3) is 2.51. The van der Waals surface area contributed by atoms with Crippen LogP contribution in [-0.2, 0) is 6.42 Å². The summed E-state index contributed by atoms with van der Waals surface area (Å²) < 4.78 is 1.68. The summed E-state index contributed by atoms with van der Waals surface area (Å²) in [5.74, 6) is 0.779. The third-order valence-corrected chi connectivity index (χ3v) is 4.11. The van der Waals surface area contributed by atoms with Crippen molar-refractivity contribution in [3.63, 3.8) is 0 Å². The van der Waals surface area contributed by atoms with E-state index in [2.05, 4.69) is 10.1 Å². The number of aromatic nitrogens is 3. The standard InChI is InChI=1S/C14H18ClN3/c15-13-10-12(17-14-7-8-16-18(13)14)9-11-5-3-1-2-4-6-11/h7-8,10-11H,1-6,9H2. The fraction of sp³-hybridized carbons (Fsp3) is 0.571. The molecule has 0 aromatic carbocycles. The first-order chi connectivity index (χ1) is 8.83. The van der Waals surface area contributed by atoms with E-state index in [0.717, 1.165) is 23.7 Å². The molecule has 1 saturated carbocycles. The Morgan fingerprint density at radius 3 is 2.78 bits per heavy atom. The molecule has 0 radical (unpaired) electrons. The minimum absolute atomic E-state index is 0.661. The Kier molecular flexibility index (Phi) is 3.50. The number of nitrogens with zero attached hydrogens (tertiary/aromatic N) is 3. The maximum absolute atomic E-state index is 6.21. The van der Waals surface area contributed by atoms with Gasteiger partial charge in [-0.25, -0.2) is 9.50 Å². The van der Waals surface area contributed by atoms with Gasteiger partial charge < -0.3 is 0 Å². The van der Waals surface area contributed by atoms with Crippen LogP contribution in [0.1, 0.15) is 44.2 Å². The van der Waals surface area contributed by atoms with Gasteiger partial charge in [-0.15, -0.1) is 0 Å². The summed E-state index contributed by atoms with van der Waals surface area (Å²) in [6.07, 6.45) is 11.0. The van der Waals surface area contributed by atoms with Gasteiger partial charge >= 0.3 is 0 Å². The average molecular weight is 264 g/mol. The van der Waals surface area contributed by atoms with Gasteiger partial charge in [-0.05, 0) is 18.4 Å². The van der Waals surface area contributed by atoms with Crippen molar-refractivity contribution in [3.8, 4) is 0 Å². The maximum Gasteiger partial charge on any atom is 0.156 e. The predicted molar refractivity (Wildman–Crippen MR) is 72.9 cm³/mol. The summed E-state index contributed by atoms with van der Waals surface area (Å²) in [5, 5.41) is 4.80. The average Bonchev–Trinajstić information content (AvgIpc) is 2.68. The molecule has 0 spiro atoms. The summed E-state index contributed by atoms with van der Waals surface area (Å²) in [7, 11) is 0. The predicted octanol–water partition coefficient (Wildman–Crippen LogP) is 3.90. The van der Waals surface area contributed by atoms with Crippen LogP contribution < -0.4 is 0 Å². The van der Waals surface area contributed by atoms with Crippen LogP contribution in [0.2, 0.25) is 5.15 Å². The van der Waals surface area contributed by atoms with Gasteiger partial charge in [0, 0.05) is 11.8 Å². The molecule has 1 fully saturated rings. The van der Waals surface area contributed by atoms with Gasteiger partial charge in [0.05, 0.1) is 6.20 Å². The molecule has 3 rings (SSSR count). The maximum atomic E-state index is 6.21. The van der Waals surface area contributed by atoms with Crippen molar-refractivity contribution >= 4 is 17.2 Å². The van der Waals surface area contributed by atoms with Gasteiger partial charge in [0.1, 0.15) is 5.15 Å². The van der Waals surface area contributed by atoms with Gasteiger partial charge in [-0.1, -0.05) is 50.1 Å². The second-order valence-electron chi connectivity index (χ2n) is 5.23. The Labute approximate surface area is 112 Å².